The summed E-state index contributed by atoms with van der Waals surface area (Å²) < 4.78 is 54.6. The Labute approximate surface area is 260 Å². The van der Waals surface area contributed by atoms with E-state index in [1.807, 2.05) is 20.8 Å². The first-order chi connectivity index (χ1) is 20.9. The summed E-state index contributed by atoms with van der Waals surface area (Å²) in [5.41, 5.74) is -0.771. The standard InChI is InChI=1S/C32H41F3N6O4/c1-19-13-21(32(33,34)35)15-23(14-19)40(29(43)45-31(5,6)7)26-16-25(38-27-24(20-10-11-20)17-36-41(26)27)37-22-9-8-12-39(18-22)28(42)44-30(2,3)4/h13-17,20,22H,8-12,18H2,1-7H3,(H,37,38)/t22-/m0/s1. The van der Waals surface area contributed by atoms with Crippen LogP contribution in [0.3, 0.4) is 0 Å². The Morgan fingerprint density at radius 1 is 0.978 bits per heavy atom. The molecule has 3 heterocycles. The lowest BCUT2D eigenvalue weighted by atomic mass is 10.1. The number of halogens is 3. The zero-order chi connectivity index (χ0) is 32.9. The van der Waals surface area contributed by atoms with Crippen LogP contribution in [0.5, 0.6) is 0 Å². The van der Waals surface area contributed by atoms with Gasteiger partial charge >= 0.3 is 18.4 Å². The van der Waals surface area contributed by atoms with E-state index < -0.39 is 35.1 Å². The molecule has 3 aromatic rings. The van der Waals surface area contributed by atoms with Gasteiger partial charge in [0, 0.05) is 30.8 Å². The summed E-state index contributed by atoms with van der Waals surface area (Å²) in [5, 5.41) is 7.96. The molecular weight excluding hydrogens is 589 g/mol. The number of fused-ring (bicyclic) bond motifs is 1. The summed E-state index contributed by atoms with van der Waals surface area (Å²) in [5.74, 6) is 0.816. The van der Waals surface area contributed by atoms with Crippen molar-refractivity contribution >= 4 is 35.2 Å². The van der Waals surface area contributed by atoms with E-state index in [0.29, 0.717) is 30.1 Å². The monoisotopic (exact) mass is 630 g/mol. The Morgan fingerprint density at radius 3 is 2.29 bits per heavy atom. The topological polar surface area (TPSA) is 101 Å². The lowest BCUT2D eigenvalue weighted by molar-refractivity contribution is -0.137. The first kappa shape index (κ1) is 32.4. The molecule has 1 atom stereocenters. The van der Waals surface area contributed by atoms with Gasteiger partial charge in [0.25, 0.3) is 0 Å². The van der Waals surface area contributed by atoms with E-state index >= 15 is 0 Å². The lowest BCUT2D eigenvalue weighted by Crippen LogP contribution is -2.47. The van der Waals surface area contributed by atoms with Gasteiger partial charge in [-0.3, -0.25) is 0 Å². The van der Waals surface area contributed by atoms with Crippen molar-refractivity contribution in [2.75, 3.05) is 23.3 Å². The summed E-state index contributed by atoms with van der Waals surface area (Å²) >= 11 is 0. The van der Waals surface area contributed by atoms with Crippen molar-refractivity contribution in [2.24, 2.45) is 0 Å². The number of hydrogen-bond donors (Lipinski definition) is 1. The number of ether oxygens (including phenoxy) is 2. The minimum atomic E-state index is -4.63. The molecular formula is C32H41F3N6O4. The van der Waals surface area contributed by atoms with Crippen LogP contribution in [0.1, 0.15) is 89.8 Å². The van der Waals surface area contributed by atoms with Gasteiger partial charge in [-0.2, -0.15) is 22.8 Å². The van der Waals surface area contributed by atoms with Crippen LogP contribution in [0.2, 0.25) is 0 Å². The summed E-state index contributed by atoms with van der Waals surface area (Å²) in [6, 6.07) is 4.87. The smallest absolute Gasteiger partial charge is 0.420 e. The van der Waals surface area contributed by atoms with Crippen LogP contribution in [0.25, 0.3) is 5.65 Å². The minimum absolute atomic E-state index is 0.0211. The number of alkyl halides is 3. The van der Waals surface area contributed by atoms with Gasteiger partial charge in [-0.25, -0.2) is 19.5 Å². The molecule has 2 aromatic heterocycles. The highest BCUT2D eigenvalue weighted by Gasteiger charge is 2.36. The number of nitrogens with zero attached hydrogens (tertiary/aromatic N) is 5. The first-order valence-corrected chi connectivity index (χ1v) is 15.2. The number of aryl methyl sites for hydroxylation is 1. The predicted molar refractivity (Wildman–Crippen MR) is 164 cm³/mol. The number of amides is 2. The van der Waals surface area contributed by atoms with E-state index in [9.17, 15) is 22.8 Å². The molecule has 0 radical (unpaired) electrons. The highest BCUT2D eigenvalue weighted by Crippen LogP contribution is 2.43. The average Bonchev–Trinajstić information content (AvgIpc) is 3.65. The molecule has 1 aliphatic heterocycles. The Bertz CT molecular complexity index is 1590. The Hall–Kier alpha value is -4.03. The van der Waals surface area contributed by atoms with Gasteiger partial charge in [0.1, 0.15) is 22.8 Å². The molecule has 13 heteroatoms. The maximum absolute atomic E-state index is 13.9. The van der Waals surface area contributed by atoms with Crippen molar-refractivity contribution in [2.45, 2.75) is 103 Å². The van der Waals surface area contributed by atoms with Gasteiger partial charge in [-0.05, 0) is 104 Å². The zero-order valence-electron chi connectivity index (χ0n) is 26.8. The summed E-state index contributed by atoms with van der Waals surface area (Å²) in [6.07, 6.45) is -0.788. The first-order valence-electron chi connectivity index (χ1n) is 15.2. The van der Waals surface area contributed by atoms with Crippen molar-refractivity contribution in [1.82, 2.24) is 19.5 Å². The molecule has 2 aliphatic rings. The molecule has 45 heavy (non-hydrogen) atoms. The fourth-order valence-corrected chi connectivity index (χ4v) is 5.37. The second kappa shape index (κ2) is 11.7. The highest BCUT2D eigenvalue weighted by molar-refractivity contribution is 5.96. The molecule has 244 valence electrons. The van der Waals surface area contributed by atoms with Gasteiger partial charge in [-0.1, -0.05) is 0 Å². The highest BCUT2D eigenvalue weighted by atomic mass is 19.4. The maximum Gasteiger partial charge on any atom is 0.420 e. The van der Waals surface area contributed by atoms with Crippen LogP contribution in [0, 0.1) is 6.92 Å². The fourth-order valence-electron chi connectivity index (χ4n) is 5.37. The molecule has 1 saturated carbocycles. The van der Waals surface area contributed by atoms with Crippen molar-refractivity contribution in [3.63, 3.8) is 0 Å². The third-order valence-corrected chi connectivity index (χ3v) is 7.38. The summed E-state index contributed by atoms with van der Waals surface area (Å²) in [4.78, 5) is 34.3. The number of benzene rings is 1. The number of anilines is 3. The fraction of sp³-hybridized carbons (Fsp3) is 0.562. The third-order valence-electron chi connectivity index (χ3n) is 7.38. The minimum Gasteiger partial charge on any atom is -0.444 e. The van der Waals surface area contributed by atoms with Crippen LogP contribution >= 0.6 is 0 Å². The molecule has 2 fully saturated rings. The Morgan fingerprint density at radius 2 is 1.67 bits per heavy atom. The van der Waals surface area contributed by atoms with E-state index in [0.717, 1.165) is 48.3 Å². The molecule has 2 amide bonds. The number of carbonyl (C=O) groups is 2. The van der Waals surface area contributed by atoms with E-state index in [1.54, 1.807) is 44.9 Å². The van der Waals surface area contributed by atoms with Gasteiger partial charge in [-0.15, -0.1) is 0 Å². The van der Waals surface area contributed by atoms with Gasteiger partial charge in [0.05, 0.1) is 17.4 Å². The second-order valence-corrected chi connectivity index (χ2v) is 13.9. The van der Waals surface area contributed by atoms with Crippen molar-refractivity contribution < 1.29 is 32.2 Å². The number of likely N-dealkylation sites (tertiary alicyclic amines) is 1. The quantitative estimate of drug-likeness (QED) is 0.307. The van der Waals surface area contributed by atoms with Gasteiger partial charge in [0.2, 0.25) is 0 Å². The van der Waals surface area contributed by atoms with Gasteiger partial charge < -0.3 is 19.7 Å². The van der Waals surface area contributed by atoms with Crippen LogP contribution in [0.15, 0.2) is 30.5 Å². The summed E-state index contributed by atoms with van der Waals surface area (Å²) in [6.45, 7) is 13.0. The molecule has 0 spiro atoms. The molecule has 10 nitrogen and oxygen atoms in total. The van der Waals surface area contributed by atoms with E-state index in [4.69, 9.17) is 14.5 Å². The number of piperidine rings is 1. The Kier molecular flexibility index (Phi) is 8.43. The molecule has 1 N–H and O–H groups in total. The zero-order valence-corrected chi connectivity index (χ0v) is 26.8. The van der Waals surface area contributed by atoms with Crippen LogP contribution in [-0.2, 0) is 15.7 Å². The molecule has 1 aromatic carbocycles. The van der Waals surface area contributed by atoms with Crippen LogP contribution in [0.4, 0.5) is 40.1 Å². The largest absolute Gasteiger partial charge is 0.444 e. The molecule has 1 saturated heterocycles. The van der Waals surface area contributed by atoms with E-state index in [-0.39, 0.29) is 23.5 Å². The number of nitrogens with one attached hydrogen (secondary N) is 1. The number of aromatic nitrogens is 3. The summed E-state index contributed by atoms with van der Waals surface area (Å²) in [7, 11) is 0. The number of hydrogen-bond acceptors (Lipinski definition) is 7. The molecule has 1 aliphatic carbocycles. The second-order valence-electron chi connectivity index (χ2n) is 13.9. The van der Waals surface area contributed by atoms with Crippen LogP contribution < -0.4 is 10.2 Å². The van der Waals surface area contributed by atoms with Crippen molar-refractivity contribution in [3.8, 4) is 0 Å². The number of carbonyl (C=O) groups excluding carboxylic acids is 2. The SMILES string of the molecule is Cc1cc(N(C(=O)OC(C)(C)C)c2cc(N[C@H]3CCCN(C(=O)OC(C)(C)C)C3)nc3c(C4CC4)cnn23)cc(C(F)(F)F)c1. The average molecular weight is 631 g/mol. The third kappa shape index (κ3) is 7.80. The normalized spacial score (nSPS) is 17.7. The van der Waals surface area contributed by atoms with Crippen LogP contribution in [-0.4, -0.2) is 62.0 Å². The molecule has 0 unspecified atom stereocenters. The lowest BCUT2D eigenvalue weighted by Gasteiger charge is -2.34. The number of rotatable bonds is 5. The van der Waals surface area contributed by atoms with Crippen molar-refractivity contribution in [1.29, 1.82) is 0 Å². The Balaban J connectivity index is 1.59. The van der Waals surface area contributed by atoms with E-state index in [2.05, 4.69) is 10.4 Å². The maximum atomic E-state index is 13.9. The van der Waals surface area contributed by atoms with Gasteiger partial charge in [0.15, 0.2) is 5.65 Å². The molecule has 0 bridgehead atoms. The van der Waals surface area contributed by atoms with Crippen molar-refractivity contribution in [3.05, 3.63) is 47.2 Å². The van der Waals surface area contributed by atoms with E-state index in [1.165, 1.54) is 10.6 Å². The predicted octanol–water partition coefficient (Wildman–Crippen LogP) is 7.82. The molecule has 5 rings (SSSR count).